The summed E-state index contributed by atoms with van der Waals surface area (Å²) in [6.45, 7) is 6.84. The molecule has 0 heterocycles. The maximum Gasteiger partial charge on any atom is 0.0610 e. The third kappa shape index (κ3) is 28.5. The van der Waals surface area contributed by atoms with Crippen molar-refractivity contribution in [1.82, 2.24) is 9.80 Å². The monoisotopic (exact) mass is 1010 g/mol. The number of aliphatic hydroxyl groups is 9. The molecule has 416 valence electrons. The minimum absolute atomic E-state index is 0. The Morgan fingerprint density at radius 2 is 0.535 bits per heavy atom. The Morgan fingerprint density at radius 1 is 0.282 bits per heavy atom. The predicted molar refractivity (Wildman–Crippen MR) is 310 cm³/mol. The van der Waals surface area contributed by atoms with Gasteiger partial charge in [-0.25, -0.2) is 0 Å². The number of likely N-dealkylation sites (N-methyl/N-ethyl adjacent to an activating group) is 1. The van der Waals surface area contributed by atoms with Crippen LogP contribution in [0.15, 0.2) is 97.1 Å². The number of nitrogens with zero attached hydrogens (tertiary/aromatic N) is 6. The summed E-state index contributed by atoms with van der Waals surface area (Å²) < 4.78 is 0. The van der Waals surface area contributed by atoms with Crippen molar-refractivity contribution >= 4 is 34.1 Å². The molecule has 4 aromatic rings. The molecule has 0 bridgehead atoms. The Hall–Kier alpha value is -4.36. The molecule has 0 aromatic heterocycles. The van der Waals surface area contributed by atoms with Gasteiger partial charge in [-0.15, -0.1) is 0 Å². The zero-order chi connectivity index (χ0) is 45.0. The fourth-order valence-electron chi connectivity index (χ4n) is 7.21. The first-order chi connectivity index (χ1) is 30.3. The summed E-state index contributed by atoms with van der Waals surface area (Å²) in [6.07, 6.45) is 1.73. The van der Waals surface area contributed by atoms with Gasteiger partial charge in [0.25, 0.3) is 0 Å². The van der Waals surface area contributed by atoms with Crippen molar-refractivity contribution in [2.75, 3.05) is 158 Å². The van der Waals surface area contributed by atoms with Crippen molar-refractivity contribution < 1.29 is 46.0 Å². The second kappa shape index (κ2) is 47.9. The molecule has 0 atom stereocenters. The highest BCUT2D eigenvalue weighted by atomic mass is 16.3. The summed E-state index contributed by atoms with van der Waals surface area (Å²) in [7, 11) is 1.97. The van der Waals surface area contributed by atoms with Crippen LogP contribution in [0.25, 0.3) is 0 Å². The van der Waals surface area contributed by atoms with Crippen LogP contribution in [0.1, 0.15) is 84.4 Å². The number of aliphatic hydroxyl groups excluding tert-OH is 9. The summed E-state index contributed by atoms with van der Waals surface area (Å²) >= 11 is 0. The van der Waals surface area contributed by atoms with Crippen molar-refractivity contribution in [2.45, 2.75) is 79.7 Å². The molecule has 0 unspecified atom stereocenters. The van der Waals surface area contributed by atoms with Gasteiger partial charge >= 0.3 is 0 Å². The van der Waals surface area contributed by atoms with Gasteiger partial charge in [0.15, 0.2) is 0 Å². The van der Waals surface area contributed by atoms with Gasteiger partial charge in [0.2, 0.25) is 0 Å². The van der Waals surface area contributed by atoms with Gasteiger partial charge in [0.05, 0.1) is 59.5 Å². The molecule has 0 fully saturated rings. The van der Waals surface area contributed by atoms with E-state index in [-0.39, 0.29) is 126 Å². The SMILES string of the molecule is C.C.C.C.C.C.C.C.C.CN(CCO)CCCN(CCO)CCO.OCCN(CCO)c1ccc(N(CCO)c2ccc(Cc3ccc(N(CCO)c4ccc(N(CCO)CCO)cc4)cc3)cc2)cc1. The Bertz CT molecular complexity index is 1580. The number of hydrogen-bond donors (Lipinski definition) is 9. The van der Waals surface area contributed by atoms with Gasteiger partial charge in [0.1, 0.15) is 0 Å². The molecular formula is C56H108N6O9. The molecular weight excluding hydrogens is 901 g/mol. The van der Waals surface area contributed by atoms with Crippen molar-refractivity contribution in [3.8, 4) is 0 Å². The number of anilines is 6. The van der Waals surface area contributed by atoms with E-state index in [0.717, 1.165) is 71.2 Å². The molecule has 9 N–H and O–H groups in total. The van der Waals surface area contributed by atoms with E-state index in [9.17, 15) is 30.6 Å². The highest BCUT2D eigenvalue weighted by molar-refractivity contribution is 5.68. The molecule has 4 aromatic carbocycles. The topological polar surface area (TPSA) is 202 Å². The van der Waals surface area contributed by atoms with E-state index < -0.39 is 0 Å². The Morgan fingerprint density at radius 3 is 0.803 bits per heavy atom. The van der Waals surface area contributed by atoms with E-state index in [4.69, 9.17) is 15.3 Å². The molecule has 0 aliphatic heterocycles. The van der Waals surface area contributed by atoms with Gasteiger partial charge in [-0.1, -0.05) is 91.1 Å². The van der Waals surface area contributed by atoms with E-state index in [1.54, 1.807) is 0 Å². The van der Waals surface area contributed by atoms with Crippen molar-refractivity contribution in [3.63, 3.8) is 0 Å². The fraction of sp³-hybridized carbons (Fsp3) is 0.571. The van der Waals surface area contributed by atoms with Gasteiger partial charge in [0, 0.05) is 93.0 Å². The number of benzene rings is 4. The lowest BCUT2D eigenvalue weighted by Gasteiger charge is -2.27. The standard InChI is InChI=1S/C37H48N4O6.C10H24N2O3.9CH4/c42-23-17-38(18-24-43)32-9-13-36(14-10-32)40(21-27-46)34-5-1-30(2-6-34)29-31-3-7-35(8-4-31)41(22-28-47)37-15-11-33(12-16-37)39(19-25-44)20-26-45;1-11(5-8-13)3-2-4-12(6-9-14)7-10-15;;;;;;;;;/h1-16,42-47H,17-29H2;13-15H,2-10H2,1H3;9*1H4. The summed E-state index contributed by atoms with van der Waals surface area (Å²) in [5, 5.41) is 83.3. The summed E-state index contributed by atoms with van der Waals surface area (Å²) in [5.41, 5.74) is 7.96. The van der Waals surface area contributed by atoms with Crippen LogP contribution in [0.5, 0.6) is 0 Å². The minimum Gasteiger partial charge on any atom is -0.395 e. The highest BCUT2D eigenvalue weighted by Crippen LogP contribution is 2.30. The minimum atomic E-state index is 0. The van der Waals surface area contributed by atoms with Crippen LogP contribution in [0.4, 0.5) is 34.1 Å². The van der Waals surface area contributed by atoms with Crippen molar-refractivity contribution in [1.29, 1.82) is 0 Å². The van der Waals surface area contributed by atoms with Crippen LogP contribution in [-0.2, 0) is 6.42 Å². The van der Waals surface area contributed by atoms with Crippen molar-refractivity contribution in [3.05, 3.63) is 108 Å². The first-order valence-corrected chi connectivity index (χ1v) is 21.6. The second-order valence-electron chi connectivity index (χ2n) is 14.8. The van der Waals surface area contributed by atoms with Gasteiger partial charge in [-0.05, 0) is 117 Å². The second-order valence-corrected chi connectivity index (χ2v) is 14.8. The predicted octanol–water partition coefficient (Wildman–Crippen LogP) is 7.43. The van der Waals surface area contributed by atoms with Crippen LogP contribution >= 0.6 is 0 Å². The van der Waals surface area contributed by atoms with E-state index >= 15 is 0 Å². The van der Waals surface area contributed by atoms with E-state index in [1.807, 2.05) is 70.3 Å². The first-order valence-electron chi connectivity index (χ1n) is 21.6. The molecule has 0 aliphatic rings. The lowest BCUT2D eigenvalue weighted by atomic mass is 10.0. The molecule has 0 spiro atoms. The average Bonchev–Trinajstić information content (AvgIpc) is 3.29. The number of hydrogen-bond acceptors (Lipinski definition) is 15. The molecule has 15 heteroatoms. The van der Waals surface area contributed by atoms with E-state index in [2.05, 4.69) is 63.2 Å². The molecule has 0 saturated heterocycles. The average molecular weight is 1010 g/mol. The van der Waals surface area contributed by atoms with Crippen LogP contribution in [0, 0.1) is 0 Å². The Balaban J connectivity index is -0.000000299. The molecule has 71 heavy (non-hydrogen) atoms. The zero-order valence-corrected chi connectivity index (χ0v) is 36.5. The van der Waals surface area contributed by atoms with E-state index in [0.29, 0.717) is 58.9 Å². The Labute approximate surface area is 434 Å². The van der Waals surface area contributed by atoms with Crippen LogP contribution in [0.3, 0.4) is 0 Å². The quantitative estimate of drug-likeness (QED) is 0.0250. The molecule has 0 amide bonds. The summed E-state index contributed by atoms with van der Waals surface area (Å²) in [4.78, 5) is 12.1. The number of rotatable bonds is 30. The van der Waals surface area contributed by atoms with E-state index in [1.165, 1.54) is 0 Å². The first kappa shape index (κ1) is 80.7. The van der Waals surface area contributed by atoms with Gasteiger partial charge in [-0.3, -0.25) is 4.90 Å². The van der Waals surface area contributed by atoms with Crippen LogP contribution < -0.4 is 19.6 Å². The summed E-state index contributed by atoms with van der Waals surface area (Å²) in [6, 6.07) is 32.4. The maximum atomic E-state index is 9.79. The Kier molecular flexibility index (Phi) is 54.5. The molecule has 0 radical (unpaired) electrons. The zero-order valence-electron chi connectivity index (χ0n) is 36.5. The molecule has 15 nitrogen and oxygen atoms in total. The third-order valence-corrected chi connectivity index (χ3v) is 10.4. The van der Waals surface area contributed by atoms with Crippen molar-refractivity contribution in [2.24, 2.45) is 0 Å². The molecule has 0 saturated carbocycles. The summed E-state index contributed by atoms with van der Waals surface area (Å²) in [5.74, 6) is 0. The smallest absolute Gasteiger partial charge is 0.0610 e. The van der Waals surface area contributed by atoms with Gasteiger partial charge in [-0.2, -0.15) is 0 Å². The lowest BCUT2D eigenvalue weighted by Crippen LogP contribution is -2.33. The highest BCUT2D eigenvalue weighted by Gasteiger charge is 2.14. The fourth-order valence-corrected chi connectivity index (χ4v) is 7.21. The van der Waals surface area contributed by atoms with Crippen LogP contribution in [-0.4, -0.2) is 194 Å². The van der Waals surface area contributed by atoms with Crippen LogP contribution in [0.2, 0.25) is 0 Å². The normalized spacial score (nSPS) is 9.75. The van der Waals surface area contributed by atoms with Gasteiger partial charge < -0.3 is 70.5 Å². The molecule has 4 rings (SSSR count). The largest absolute Gasteiger partial charge is 0.395 e. The maximum absolute atomic E-state index is 9.79. The lowest BCUT2D eigenvalue weighted by molar-refractivity contribution is 0.152. The third-order valence-electron chi connectivity index (χ3n) is 10.4. The molecule has 0 aliphatic carbocycles.